The van der Waals surface area contributed by atoms with E-state index in [1.54, 1.807) is 11.8 Å². The number of carbonyl (C=O) groups is 1. The lowest BCUT2D eigenvalue weighted by Gasteiger charge is -2.32. The summed E-state index contributed by atoms with van der Waals surface area (Å²) >= 11 is 0. The van der Waals surface area contributed by atoms with Gasteiger partial charge in [-0.3, -0.25) is 14.5 Å². The highest BCUT2D eigenvalue weighted by atomic mass is 16.5. The Morgan fingerprint density at radius 1 is 1.12 bits per heavy atom. The van der Waals surface area contributed by atoms with Crippen LogP contribution in [0.2, 0.25) is 0 Å². The minimum atomic E-state index is -0.0945. The zero-order valence-electron chi connectivity index (χ0n) is 20.6. The number of pyridine rings is 1. The fourth-order valence-electron chi connectivity index (χ4n) is 4.47. The average Bonchev–Trinajstić information content (AvgIpc) is 3.20. The van der Waals surface area contributed by atoms with Gasteiger partial charge in [0.25, 0.3) is 5.91 Å². The number of hydrogen-bond acceptors (Lipinski definition) is 4. The maximum absolute atomic E-state index is 13.4. The molecule has 1 aromatic carbocycles. The molecule has 1 amide bonds. The molecule has 1 fully saturated rings. The van der Waals surface area contributed by atoms with Gasteiger partial charge in [0, 0.05) is 42.9 Å². The number of nitrogens with zero attached hydrogens (tertiary/aromatic N) is 4. The van der Waals surface area contributed by atoms with Crippen LogP contribution < -0.4 is 4.74 Å². The van der Waals surface area contributed by atoms with Crippen LogP contribution in [-0.2, 0) is 12.5 Å². The number of aromatic nitrogens is 3. The van der Waals surface area contributed by atoms with Crippen LogP contribution in [0, 0.1) is 6.92 Å². The molecule has 0 unspecified atom stereocenters. The number of hydrogen-bond donors (Lipinski definition) is 0. The van der Waals surface area contributed by atoms with Crippen molar-refractivity contribution in [3.63, 3.8) is 0 Å². The Bertz CT molecular complexity index is 1160. The summed E-state index contributed by atoms with van der Waals surface area (Å²) in [4.78, 5) is 20.2. The monoisotopic (exact) mass is 446 g/mol. The number of ether oxygens (including phenoxy) is 1. The highest BCUT2D eigenvalue weighted by molar-refractivity contribution is 5.93. The van der Waals surface area contributed by atoms with Crippen molar-refractivity contribution in [1.82, 2.24) is 19.7 Å². The van der Waals surface area contributed by atoms with Gasteiger partial charge in [0.15, 0.2) is 0 Å². The van der Waals surface area contributed by atoms with Crippen molar-refractivity contribution >= 4 is 5.91 Å². The maximum atomic E-state index is 13.4. The van der Waals surface area contributed by atoms with Gasteiger partial charge in [-0.1, -0.05) is 32.9 Å². The number of carbonyl (C=O) groups excluding carboxylic acids is 1. The van der Waals surface area contributed by atoms with Crippen LogP contribution >= 0.6 is 0 Å². The van der Waals surface area contributed by atoms with Crippen molar-refractivity contribution in [2.45, 2.75) is 51.9 Å². The molecule has 6 nitrogen and oxygen atoms in total. The fraction of sp³-hybridized carbons (Fsp3) is 0.444. The molecule has 3 aromatic rings. The highest BCUT2D eigenvalue weighted by Gasteiger charge is 2.29. The van der Waals surface area contributed by atoms with Crippen LogP contribution in [-0.4, -0.2) is 45.8 Å². The van der Waals surface area contributed by atoms with E-state index in [-0.39, 0.29) is 17.2 Å². The fourth-order valence-corrected chi connectivity index (χ4v) is 4.47. The van der Waals surface area contributed by atoms with Crippen molar-refractivity contribution in [3.05, 3.63) is 65.2 Å². The van der Waals surface area contributed by atoms with Crippen molar-refractivity contribution in [2.75, 3.05) is 20.2 Å². The Kier molecular flexibility index (Phi) is 6.28. The summed E-state index contributed by atoms with van der Waals surface area (Å²) in [7, 11) is 3.54. The number of likely N-dealkylation sites (tertiary alicyclic amines) is 1. The molecular weight excluding hydrogens is 412 g/mol. The summed E-state index contributed by atoms with van der Waals surface area (Å²) in [5.41, 5.74) is 5.75. The highest BCUT2D eigenvalue weighted by Crippen LogP contribution is 2.31. The van der Waals surface area contributed by atoms with Gasteiger partial charge in [-0.25, -0.2) is 0 Å². The molecule has 33 heavy (non-hydrogen) atoms. The van der Waals surface area contributed by atoms with Gasteiger partial charge in [0.2, 0.25) is 0 Å². The van der Waals surface area contributed by atoms with E-state index < -0.39 is 0 Å². The lowest BCUT2D eigenvalue weighted by Crippen LogP contribution is -2.40. The third-order valence-corrected chi connectivity index (χ3v) is 6.37. The largest absolute Gasteiger partial charge is 0.497 e. The zero-order valence-corrected chi connectivity index (χ0v) is 20.6. The molecular formula is C27H34N4O2. The van der Waals surface area contributed by atoms with Gasteiger partial charge in [0.1, 0.15) is 11.4 Å². The smallest absolute Gasteiger partial charge is 0.272 e. The first-order chi connectivity index (χ1) is 15.7. The molecule has 174 valence electrons. The molecule has 0 bridgehead atoms. The predicted molar refractivity (Wildman–Crippen MR) is 131 cm³/mol. The van der Waals surface area contributed by atoms with Crippen LogP contribution in [0.4, 0.5) is 0 Å². The first kappa shape index (κ1) is 23.0. The first-order valence-electron chi connectivity index (χ1n) is 11.6. The number of rotatable bonds is 4. The van der Waals surface area contributed by atoms with Crippen molar-refractivity contribution < 1.29 is 9.53 Å². The molecule has 1 saturated heterocycles. The number of aryl methyl sites for hydroxylation is 2. The zero-order chi connectivity index (χ0) is 23.8. The normalized spacial score (nSPS) is 16.7. The molecule has 2 aromatic heterocycles. The summed E-state index contributed by atoms with van der Waals surface area (Å²) in [6.07, 6.45) is 1.99. The van der Waals surface area contributed by atoms with Gasteiger partial charge in [-0.15, -0.1) is 0 Å². The second-order valence-electron chi connectivity index (χ2n) is 10.0. The third kappa shape index (κ3) is 4.95. The van der Waals surface area contributed by atoms with Gasteiger partial charge in [-0.2, -0.15) is 5.10 Å². The summed E-state index contributed by atoms with van der Waals surface area (Å²) in [6.45, 7) is 9.81. The van der Waals surface area contributed by atoms with Crippen molar-refractivity contribution in [2.24, 2.45) is 7.05 Å². The molecule has 0 N–H and O–H groups in total. The van der Waals surface area contributed by atoms with Gasteiger partial charge in [-0.05, 0) is 61.2 Å². The van der Waals surface area contributed by atoms with E-state index in [4.69, 9.17) is 9.72 Å². The summed E-state index contributed by atoms with van der Waals surface area (Å²) in [6, 6.07) is 14.3. The summed E-state index contributed by atoms with van der Waals surface area (Å²) < 4.78 is 7.12. The van der Waals surface area contributed by atoms with E-state index in [1.807, 2.05) is 43.1 Å². The summed E-state index contributed by atoms with van der Waals surface area (Å²) in [5.74, 6) is 1.09. The topological polar surface area (TPSA) is 60.2 Å². The standard InChI is InChI=1S/C27H34N4O2/c1-18-13-21(19-9-7-11-22(14-19)33-6)15-23(28-18)20-10-8-12-31(17-20)26(32)24-16-25(27(2,3)4)29-30(24)5/h7,9,11,13-16,20H,8,10,12,17H2,1-6H3/t20-/m0/s1. The van der Waals surface area contributed by atoms with Gasteiger partial charge in [0.05, 0.1) is 12.8 Å². The SMILES string of the molecule is COc1cccc(-c2cc(C)nc([C@H]3CCCN(C(=O)c4cc(C(C)(C)C)nn4C)C3)c2)c1. The number of benzene rings is 1. The Morgan fingerprint density at radius 2 is 1.91 bits per heavy atom. The first-order valence-corrected chi connectivity index (χ1v) is 11.6. The lowest BCUT2D eigenvalue weighted by atomic mass is 9.91. The molecule has 0 spiro atoms. The number of methoxy groups -OCH3 is 1. The minimum Gasteiger partial charge on any atom is -0.497 e. The minimum absolute atomic E-state index is 0.0471. The summed E-state index contributed by atoms with van der Waals surface area (Å²) in [5, 5.41) is 4.59. The van der Waals surface area contributed by atoms with Crippen molar-refractivity contribution in [1.29, 1.82) is 0 Å². The average molecular weight is 447 g/mol. The van der Waals surface area contributed by atoms with Crippen LogP contribution in [0.15, 0.2) is 42.5 Å². The molecule has 0 saturated carbocycles. The Hall–Kier alpha value is -3.15. The molecule has 0 radical (unpaired) electrons. The van der Waals surface area contributed by atoms with E-state index in [0.717, 1.165) is 53.3 Å². The number of amides is 1. The molecule has 3 heterocycles. The van der Waals surface area contributed by atoms with Gasteiger partial charge >= 0.3 is 0 Å². The third-order valence-electron chi connectivity index (χ3n) is 6.37. The van der Waals surface area contributed by atoms with Crippen molar-refractivity contribution in [3.8, 4) is 16.9 Å². The molecule has 0 aliphatic carbocycles. The van der Waals surface area contributed by atoms with Crippen LogP contribution in [0.3, 0.4) is 0 Å². The molecule has 1 aliphatic rings. The Balaban J connectivity index is 1.58. The molecule has 1 aliphatic heterocycles. The Morgan fingerprint density at radius 3 is 2.61 bits per heavy atom. The second-order valence-corrected chi connectivity index (χ2v) is 10.0. The van der Waals surface area contributed by atoms with Gasteiger partial charge < -0.3 is 9.64 Å². The van der Waals surface area contributed by atoms with E-state index in [2.05, 4.69) is 44.1 Å². The lowest BCUT2D eigenvalue weighted by molar-refractivity contribution is 0.0694. The predicted octanol–water partition coefficient (Wildman–Crippen LogP) is 5.12. The molecule has 6 heteroatoms. The number of piperidine rings is 1. The van der Waals surface area contributed by atoms with Crippen LogP contribution in [0.1, 0.15) is 67.1 Å². The molecule has 4 rings (SSSR count). The van der Waals surface area contributed by atoms with E-state index in [9.17, 15) is 4.79 Å². The second kappa shape index (κ2) is 9.00. The molecule has 1 atom stereocenters. The van der Waals surface area contributed by atoms with Crippen LogP contribution in [0.25, 0.3) is 11.1 Å². The Labute approximate surface area is 196 Å². The van der Waals surface area contributed by atoms with Crippen LogP contribution in [0.5, 0.6) is 5.75 Å². The van der Waals surface area contributed by atoms with E-state index in [0.29, 0.717) is 12.2 Å². The van der Waals surface area contributed by atoms with E-state index in [1.165, 1.54) is 0 Å². The quantitative estimate of drug-likeness (QED) is 0.558. The maximum Gasteiger partial charge on any atom is 0.272 e. The van der Waals surface area contributed by atoms with E-state index >= 15 is 0 Å².